The summed E-state index contributed by atoms with van der Waals surface area (Å²) in [5.74, 6) is -0.0974. The molecule has 1 aromatic carbocycles. The van der Waals surface area contributed by atoms with Crippen LogP contribution in [0.25, 0.3) is 0 Å². The first-order chi connectivity index (χ1) is 11.0. The van der Waals surface area contributed by atoms with E-state index in [-0.39, 0.29) is 30.0 Å². The Morgan fingerprint density at radius 3 is 2.48 bits per heavy atom. The minimum Gasteiger partial charge on any atom is -0.363 e. The predicted molar refractivity (Wildman–Crippen MR) is 86.4 cm³/mol. The molecule has 0 unspecified atom stereocenters. The van der Waals surface area contributed by atoms with E-state index in [4.69, 9.17) is 4.74 Å². The molecule has 1 amide bonds. The van der Waals surface area contributed by atoms with Crippen LogP contribution in [0.1, 0.15) is 32.3 Å². The van der Waals surface area contributed by atoms with Crippen molar-refractivity contribution in [3.05, 3.63) is 35.6 Å². The number of benzene rings is 1. The Morgan fingerprint density at radius 1 is 1.22 bits per heavy atom. The monoisotopic (exact) mass is 320 g/mol. The third kappa shape index (κ3) is 3.72. The van der Waals surface area contributed by atoms with E-state index >= 15 is 0 Å². The van der Waals surface area contributed by atoms with Crippen LogP contribution in [-0.4, -0.2) is 53.6 Å². The Morgan fingerprint density at radius 2 is 1.87 bits per heavy atom. The molecule has 2 fully saturated rings. The smallest absolute Gasteiger partial charge is 0.248 e. The number of nitrogens with zero attached hydrogens (tertiary/aromatic N) is 2. The zero-order valence-corrected chi connectivity index (χ0v) is 13.9. The molecule has 1 spiro atoms. The fourth-order valence-electron chi connectivity index (χ4n) is 3.48. The van der Waals surface area contributed by atoms with Crippen molar-refractivity contribution in [3.8, 4) is 0 Å². The van der Waals surface area contributed by atoms with Gasteiger partial charge in [0.1, 0.15) is 12.4 Å². The van der Waals surface area contributed by atoms with Crippen LogP contribution in [0.2, 0.25) is 0 Å². The van der Waals surface area contributed by atoms with Crippen LogP contribution in [0.15, 0.2) is 24.3 Å². The molecule has 0 bridgehead atoms. The highest BCUT2D eigenvalue weighted by Crippen LogP contribution is 2.31. The minimum absolute atomic E-state index is 0.0966. The van der Waals surface area contributed by atoms with Gasteiger partial charge in [0.2, 0.25) is 5.91 Å². The lowest BCUT2D eigenvalue weighted by molar-refractivity contribution is -0.174. The van der Waals surface area contributed by atoms with Gasteiger partial charge in [-0.2, -0.15) is 0 Å². The average molecular weight is 320 g/mol. The molecule has 4 nitrogen and oxygen atoms in total. The Balaban J connectivity index is 1.57. The first kappa shape index (κ1) is 16.4. The van der Waals surface area contributed by atoms with Gasteiger partial charge < -0.3 is 9.64 Å². The lowest BCUT2D eigenvalue weighted by atomic mass is 9.88. The molecule has 5 heteroatoms. The average Bonchev–Trinajstić information content (AvgIpc) is 2.54. The lowest BCUT2D eigenvalue weighted by Gasteiger charge is -2.48. The summed E-state index contributed by atoms with van der Waals surface area (Å²) in [6.07, 6.45) is 1.87. The predicted octanol–water partition coefficient (Wildman–Crippen LogP) is 2.43. The molecular formula is C18H25FN2O2. The first-order valence-electron chi connectivity index (χ1n) is 8.38. The van der Waals surface area contributed by atoms with Crippen molar-refractivity contribution in [2.75, 3.05) is 26.2 Å². The molecule has 2 aliphatic heterocycles. The Bertz CT molecular complexity index is 551. The van der Waals surface area contributed by atoms with Gasteiger partial charge in [-0.25, -0.2) is 4.39 Å². The second-order valence-corrected chi connectivity index (χ2v) is 6.99. The van der Waals surface area contributed by atoms with E-state index in [9.17, 15) is 9.18 Å². The van der Waals surface area contributed by atoms with Crippen LogP contribution >= 0.6 is 0 Å². The van der Waals surface area contributed by atoms with E-state index in [1.807, 2.05) is 17.0 Å². The number of ether oxygens (including phenoxy) is 1. The van der Waals surface area contributed by atoms with Crippen molar-refractivity contribution in [1.82, 2.24) is 9.80 Å². The third-order valence-electron chi connectivity index (χ3n) is 4.99. The van der Waals surface area contributed by atoms with Crippen LogP contribution < -0.4 is 0 Å². The summed E-state index contributed by atoms with van der Waals surface area (Å²) >= 11 is 0. The van der Waals surface area contributed by atoms with Crippen LogP contribution in [0.5, 0.6) is 0 Å². The number of hydrogen-bond donors (Lipinski definition) is 0. The van der Waals surface area contributed by atoms with E-state index < -0.39 is 0 Å². The van der Waals surface area contributed by atoms with Crippen LogP contribution in [0.3, 0.4) is 0 Å². The van der Waals surface area contributed by atoms with Gasteiger partial charge in [-0.1, -0.05) is 12.1 Å². The number of morpholine rings is 1. The van der Waals surface area contributed by atoms with Crippen LogP contribution in [-0.2, 0) is 16.1 Å². The summed E-state index contributed by atoms with van der Waals surface area (Å²) in [6, 6.07) is 6.93. The summed E-state index contributed by atoms with van der Waals surface area (Å²) in [4.78, 5) is 16.3. The van der Waals surface area contributed by atoms with Gasteiger partial charge in [0.05, 0.1) is 12.1 Å². The molecule has 2 saturated heterocycles. The molecule has 0 saturated carbocycles. The summed E-state index contributed by atoms with van der Waals surface area (Å²) in [5, 5.41) is 0. The van der Waals surface area contributed by atoms with E-state index in [2.05, 4.69) is 18.7 Å². The molecule has 1 aromatic rings. The Labute approximate surface area is 137 Å². The van der Waals surface area contributed by atoms with E-state index in [0.29, 0.717) is 6.54 Å². The van der Waals surface area contributed by atoms with Gasteiger partial charge in [-0.05, 0) is 44.4 Å². The Kier molecular flexibility index (Phi) is 4.69. The molecule has 0 radical (unpaired) electrons. The molecular weight excluding hydrogens is 295 g/mol. The maximum atomic E-state index is 13.0. The minimum atomic E-state index is -0.194. The number of carbonyl (C=O) groups excluding carboxylic acids is 1. The van der Waals surface area contributed by atoms with Crippen molar-refractivity contribution < 1.29 is 13.9 Å². The lowest BCUT2D eigenvalue weighted by Crippen LogP contribution is -2.60. The number of likely N-dealkylation sites (tertiary alicyclic amines) is 1. The number of carbonyl (C=O) groups is 1. The van der Waals surface area contributed by atoms with Crippen LogP contribution in [0.4, 0.5) is 4.39 Å². The molecule has 3 rings (SSSR count). The fourth-order valence-corrected chi connectivity index (χ4v) is 3.48. The number of amides is 1. The first-order valence-corrected chi connectivity index (χ1v) is 8.38. The number of hydrogen-bond acceptors (Lipinski definition) is 3. The SMILES string of the molecule is CC(C)N1CC2(CCN(Cc3ccc(F)cc3)CC2)OCC1=O. The Hall–Kier alpha value is -1.46. The zero-order valence-electron chi connectivity index (χ0n) is 13.9. The van der Waals surface area contributed by atoms with Crippen LogP contribution in [0, 0.1) is 5.82 Å². The van der Waals surface area contributed by atoms with Gasteiger partial charge in [-0.3, -0.25) is 9.69 Å². The highest BCUT2D eigenvalue weighted by Gasteiger charge is 2.42. The number of halogens is 1. The normalized spacial score (nSPS) is 22.1. The standard InChI is InChI=1S/C18H25FN2O2/c1-14(2)21-13-18(23-12-17(21)22)7-9-20(10-8-18)11-15-3-5-16(19)6-4-15/h3-6,14H,7-13H2,1-2H3. The molecule has 2 heterocycles. The van der Waals surface area contributed by atoms with E-state index in [1.54, 1.807) is 0 Å². The number of piperidine rings is 1. The second-order valence-electron chi connectivity index (χ2n) is 6.99. The van der Waals surface area contributed by atoms with Gasteiger partial charge in [0.25, 0.3) is 0 Å². The van der Waals surface area contributed by atoms with E-state index in [1.165, 1.54) is 12.1 Å². The zero-order chi connectivity index (χ0) is 16.4. The third-order valence-corrected chi connectivity index (χ3v) is 4.99. The molecule has 0 N–H and O–H groups in total. The van der Waals surface area contributed by atoms with Gasteiger partial charge >= 0.3 is 0 Å². The van der Waals surface area contributed by atoms with E-state index in [0.717, 1.165) is 38.0 Å². The topological polar surface area (TPSA) is 32.8 Å². The molecule has 0 atom stereocenters. The second kappa shape index (κ2) is 6.57. The summed E-state index contributed by atoms with van der Waals surface area (Å²) < 4.78 is 18.9. The molecule has 23 heavy (non-hydrogen) atoms. The molecule has 2 aliphatic rings. The molecule has 0 aliphatic carbocycles. The summed E-state index contributed by atoms with van der Waals surface area (Å²) in [7, 11) is 0. The van der Waals surface area contributed by atoms with Crippen molar-refractivity contribution in [2.45, 2.75) is 44.9 Å². The van der Waals surface area contributed by atoms with Gasteiger partial charge in [0.15, 0.2) is 0 Å². The highest BCUT2D eigenvalue weighted by atomic mass is 19.1. The fraction of sp³-hybridized carbons (Fsp3) is 0.611. The molecule has 0 aromatic heterocycles. The van der Waals surface area contributed by atoms with Crippen molar-refractivity contribution in [2.24, 2.45) is 0 Å². The van der Waals surface area contributed by atoms with Crippen molar-refractivity contribution in [1.29, 1.82) is 0 Å². The highest BCUT2D eigenvalue weighted by molar-refractivity contribution is 5.78. The molecule has 126 valence electrons. The summed E-state index contributed by atoms with van der Waals surface area (Å²) in [5.41, 5.74) is 0.947. The maximum absolute atomic E-state index is 13.0. The van der Waals surface area contributed by atoms with Gasteiger partial charge in [-0.15, -0.1) is 0 Å². The maximum Gasteiger partial charge on any atom is 0.248 e. The van der Waals surface area contributed by atoms with Crippen molar-refractivity contribution in [3.63, 3.8) is 0 Å². The number of rotatable bonds is 3. The van der Waals surface area contributed by atoms with Crippen molar-refractivity contribution >= 4 is 5.91 Å². The largest absolute Gasteiger partial charge is 0.363 e. The van der Waals surface area contributed by atoms with Gasteiger partial charge in [0, 0.05) is 25.7 Å². The quantitative estimate of drug-likeness (QED) is 0.857. The summed E-state index contributed by atoms with van der Waals surface area (Å²) in [6.45, 7) is 7.74.